The van der Waals surface area contributed by atoms with Crippen molar-refractivity contribution in [3.8, 4) is 0 Å². The number of hydrogen-bond donors (Lipinski definition) is 1. The maximum atomic E-state index is 12.4. The van der Waals surface area contributed by atoms with Crippen molar-refractivity contribution < 1.29 is 4.79 Å². The lowest BCUT2D eigenvalue weighted by molar-refractivity contribution is 0.0759. The van der Waals surface area contributed by atoms with Crippen molar-refractivity contribution in [2.75, 3.05) is 18.8 Å². The molecule has 0 saturated carbocycles. The van der Waals surface area contributed by atoms with Crippen LogP contribution < -0.4 is 5.56 Å². The second-order valence-corrected chi connectivity index (χ2v) is 6.47. The fraction of sp³-hybridized carbons (Fsp3) is 0.312. The fourth-order valence-electron chi connectivity index (χ4n) is 2.53. The third-order valence-electron chi connectivity index (χ3n) is 3.70. The Morgan fingerprint density at radius 2 is 2.00 bits per heavy atom. The fourth-order valence-corrected chi connectivity index (χ4v) is 3.76. The van der Waals surface area contributed by atoms with Gasteiger partial charge in [-0.2, -0.15) is 16.9 Å². The predicted octanol–water partition coefficient (Wildman–Crippen LogP) is 2.09. The van der Waals surface area contributed by atoms with E-state index in [1.165, 1.54) is 17.7 Å². The van der Waals surface area contributed by atoms with Crippen LogP contribution in [-0.4, -0.2) is 39.8 Å². The van der Waals surface area contributed by atoms with Gasteiger partial charge < -0.3 is 4.90 Å². The smallest absolute Gasteiger partial charge is 0.274 e. The Morgan fingerprint density at radius 3 is 2.73 bits per heavy atom. The molecule has 0 aliphatic carbocycles. The molecule has 114 valence electrons. The normalized spacial score (nSPS) is 18.7. The topological polar surface area (TPSA) is 66.1 Å². The number of aromatic amines is 1. The predicted molar refractivity (Wildman–Crippen MR) is 87.0 cm³/mol. The van der Waals surface area contributed by atoms with Crippen molar-refractivity contribution in [3.63, 3.8) is 0 Å². The third-order valence-corrected chi connectivity index (χ3v) is 5.03. The quantitative estimate of drug-likeness (QED) is 0.921. The molecule has 1 aromatic carbocycles. The molecule has 1 unspecified atom stereocenters. The molecule has 1 fully saturated rings. The summed E-state index contributed by atoms with van der Waals surface area (Å²) in [6.07, 6.45) is 0.920. The number of nitrogens with one attached hydrogen (secondary N) is 1. The number of nitrogens with zero attached hydrogens (tertiary/aromatic N) is 2. The molecule has 1 aliphatic heterocycles. The second kappa shape index (κ2) is 6.79. The van der Waals surface area contributed by atoms with Gasteiger partial charge in [0.05, 0.1) is 0 Å². The first-order valence-corrected chi connectivity index (χ1v) is 8.30. The summed E-state index contributed by atoms with van der Waals surface area (Å²) in [6.45, 7) is 1.40. The average Bonchev–Trinajstić information content (AvgIpc) is 2.82. The molecule has 3 rings (SSSR count). The molecule has 1 aliphatic rings. The van der Waals surface area contributed by atoms with E-state index in [9.17, 15) is 9.59 Å². The molecule has 6 heteroatoms. The number of aromatic nitrogens is 2. The molecule has 0 radical (unpaired) electrons. The van der Waals surface area contributed by atoms with Crippen LogP contribution in [0.3, 0.4) is 0 Å². The summed E-state index contributed by atoms with van der Waals surface area (Å²) in [5, 5.41) is 6.56. The molecule has 2 heterocycles. The van der Waals surface area contributed by atoms with Gasteiger partial charge in [-0.05, 0) is 18.1 Å². The summed E-state index contributed by atoms with van der Waals surface area (Å²) in [4.78, 5) is 25.3. The standard InChI is InChI=1S/C16H17N3O2S/c20-15-7-6-13(17-18-15)16(21)19-9-8-14(22-11-10-19)12-4-2-1-3-5-12/h1-7,14H,8-11H2,(H,18,20). The van der Waals surface area contributed by atoms with Crippen LogP contribution in [0, 0.1) is 0 Å². The molecule has 0 bridgehead atoms. The van der Waals surface area contributed by atoms with Crippen molar-refractivity contribution >= 4 is 17.7 Å². The first-order valence-electron chi connectivity index (χ1n) is 7.25. The highest BCUT2D eigenvalue weighted by molar-refractivity contribution is 7.99. The molecule has 1 amide bonds. The van der Waals surface area contributed by atoms with Crippen molar-refractivity contribution in [3.05, 3.63) is 64.1 Å². The third kappa shape index (κ3) is 3.39. The van der Waals surface area contributed by atoms with Crippen LogP contribution in [-0.2, 0) is 0 Å². The lowest BCUT2D eigenvalue weighted by Crippen LogP contribution is -2.34. The van der Waals surface area contributed by atoms with Crippen LogP contribution in [0.15, 0.2) is 47.3 Å². The monoisotopic (exact) mass is 315 g/mol. The van der Waals surface area contributed by atoms with E-state index in [0.29, 0.717) is 24.0 Å². The summed E-state index contributed by atoms with van der Waals surface area (Å²) in [6, 6.07) is 13.2. The van der Waals surface area contributed by atoms with Gasteiger partial charge in [-0.15, -0.1) is 0 Å². The molecule has 5 nitrogen and oxygen atoms in total. The molecule has 1 atom stereocenters. The molecule has 22 heavy (non-hydrogen) atoms. The van der Waals surface area contributed by atoms with Crippen LogP contribution in [0.5, 0.6) is 0 Å². The van der Waals surface area contributed by atoms with Crippen molar-refractivity contribution in [2.24, 2.45) is 0 Å². The second-order valence-electron chi connectivity index (χ2n) is 5.16. The minimum absolute atomic E-state index is 0.120. The number of carbonyl (C=O) groups excluding carboxylic acids is 1. The zero-order chi connectivity index (χ0) is 15.4. The van der Waals surface area contributed by atoms with Gasteiger partial charge in [0.15, 0.2) is 0 Å². The van der Waals surface area contributed by atoms with E-state index < -0.39 is 0 Å². The molecule has 1 N–H and O–H groups in total. The van der Waals surface area contributed by atoms with Crippen LogP contribution in [0.2, 0.25) is 0 Å². The first kappa shape index (κ1) is 14.8. The first-order chi connectivity index (χ1) is 10.7. The number of hydrogen-bond acceptors (Lipinski definition) is 4. The van der Waals surface area contributed by atoms with Gasteiger partial charge >= 0.3 is 0 Å². The summed E-state index contributed by atoms with van der Waals surface area (Å²) < 4.78 is 0. The Morgan fingerprint density at radius 1 is 1.18 bits per heavy atom. The zero-order valence-electron chi connectivity index (χ0n) is 12.1. The maximum absolute atomic E-state index is 12.4. The summed E-state index contributed by atoms with van der Waals surface area (Å²) in [5.41, 5.74) is 1.30. The van der Waals surface area contributed by atoms with Crippen LogP contribution in [0.1, 0.15) is 27.7 Å². The SMILES string of the molecule is O=C(c1ccc(=O)[nH]n1)N1CCSC(c2ccccc2)CC1. The van der Waals surface area contributed by atoms with Gasteiger partial charge in [0.2, 0.25) is 0 Å². The van der Waals surface area contributed by atoms with Gasteiger partial charge in [0, 0.05) is 30.2 Å². The van der Waals surface area contributed by atoms with Gasteiger partial charge in [-0.1, -0.05) is 30.3 Å². The number of carbonyl (C=O) groups is 1. The van der Waals surface area contributed by atoms with E-state index >= 15 is 0 Å². The molecule has 1 aromatic heterocycles. The van der Waals surface area contributed by atoms with E-state index in [0.717, 1.165) is 12.2 Å². The van der Waals surface area contributed by atoms with Crippen molar-refractivity contribution in [1.29, 1.82) is 0 Å². The summed E-state index contributed by atoms with van der Waals surface area (Å²) >= 11 is 1.88. The van der Waals surface area contributed by atoms with Gasteiger partial charge in [0.1, 0.15) is 5.69 Å². The number of rotatable bonds is 2. The van der Waals surface area contributed by atoms with Gasteiger partial charge in [-0.3, -0.25) is 9.59 Å². The Bertz CT molecular complexity index is 682. The minimum atomic E-state index is -0.299. The van der Waals surface area contributed by atoms with Crippen LogP contribution >= 0.6 is 11.8 Å². The molecule has 1 saturated heterocycles. The number of benzene rings is 1. The van der Waals surface area contributed by atoms with Crippen LogP contribution in [0.4, 0.5) is 0 Å². The van der Waals surface area contributed by atoms with E-state index in [1.807, 2.05) is 34.9 Å². The average molecular weight is 315 g/mol. The van der Waals surface area contributed by atoms with Gasteiger partial charge in [0.25, 0.3) is 11.5 Å². The summed E-state index contributed by atoms with van der Waals surface area (Å²) in [5.74, 6) is 0.778. The van der Waals surface area contributed by atoms with Crippen molar-refractivity contribution in [1.82, 2.24) is 15.1 Å². The van der Waals surface area contributed by atoms with E-state index in [-0.39, 0.29) is 11.5 Å². The molecular weight excluding hydrogens is 298 g/mol. The van der Waals surface area contributed by atoms with E-state index in [2.05, 4.69) is 22.3 Å². The summed E-state index contributed by atoms with van der Waals surface area (Å²) in [7, 11) is 0. The Hall–Kier alpha value is -2.08. The maximum Gasteiger partial charge on any atom is 0.274 e. The zero-order valence-corrected chi connectivity index (χ0v) is 12.9. The highest BCUT2D eigenvalue weighted by Crippen LogP contribution is 2.34. The molecule has 0 spiro atoms. The highest BCUT2D eigenvalue weighted by atomic mass is 32.2. The van der Waals surface area contributed by atoms with Crippen molar-refractivity contribution in [2.45, 2.75) is 11.7 Å². The lowest BCUT2D eigenvalue weighted by Gasteiger charge is -2.19. The van der Waals surface area contributed by atoms with Gasteiger partial charge in [-0.25, -0.2) is 5.10 Å². The number of amides is 1. The minimum Gasteiger partial charge on any atom is -0.336 e. The molecule has 2 aromatic rings. The van der Waals surface area contributed by atoms with E-state index in [1.54, 1.807) is 0 Å². The lowest BCUT2D eigenvalue weighted by atomic mass is 10.1. The number of H-pyrrole nitrogens is 1. The number of thioether (sulfide) groups is 1. The molecular formula is C16H17N3O2S. The Balaban J connectivity index is 1.68. The largest absolute Gasteiger partial charge is 0.336 e. The highest BCUT2D eigenvalue weighted by Gasteiger charge is 2.23. The Labute approximate surface area is 132 Å². The van der Waals surface area contributed by atoms with Crippen LogP contribution in [0.25, 0.3) is 0 Å². The Kier molecular flexibility index (Phi) is 4.58. The van der Waals surface area contributed by atoms with E-state index in [4.69, 9.17) is 0 Å².